The number of furan rings is 1. The number of rotatable bonds is 4. The van der Waals surface area contributed by atoms with Gasteiger partial charge < -0.3 is 23.9 Å². The molecule has 1 spiro atoms. The molecule has 3 heterocycles. The molecule has 3 aliphatic rings. The van der Waals surface area contributed by atoms with Gasteiger partial charge in [0, 0.05) is 45.1 Å². The van der Waals surface area contributed by atoms with Crippen molar-refractivity contribution in [3.8, 4) is 0 Å². The zero-order valence-electron chi connectivity index (χ0n) is 15.4. The number of morpholine rings is 1. The van der Waals surface area contributed by atoms with Gasteiger partial charge >= 0.3 is 0 Å². The molecule has 1 amide bonds. The van der Waals surface area contributed by atoms with Crippen LogP contribution in [0, 0.1) is 5.41 Å². The molecule has 0 bridgehead atoms. The van der Waals surface area contributed by atoms with Crippen molar-refractivity contribution in [3.63, 3.8) is 0 Å². The zero-order valence-corrected chi connectivity index (χ0v) is 15.4. The molecule has 144 valence electrons. The molecule has 1 aliphatic carbocycles. The summed E-state index contributed by atoms with van der Waals surface area (Å²) in [6.07, 6.45) is 3.66. The summed E-state index contributed by atoms with van der Waals surface area (Å²) in [6, 6.07) is 1.86. The summed E-state index contributed by atoms with van der Waals surface area (Å²) < 4.78 is 16.5. The fourth-order valence-corrected chi connectivity index (χ4v) is 4.58. The van der Waals surface area contributed by atoms with Crippen molar-refractivity contribution in [2.45, 2.75) is 38.0 Å². The van der Waals surface area contributed by atoms with E-state index in [-0.39, 0.29) is 23.5 Å². The maximum atomic E-state index is 12.8. The lowest BCUT2D eigenvalue weighted by Crippen LogP contribution is -2.62. The van der Waals surface area contributed by atoms with E-state index >= 15 is 0 Å². The van der Waals surface area contributed by atoms with Crippen LogP contribution in [-0.4, -0.2) is 79.5 Å². The van der Waals surface area contributed by atoms with Gasteiger partial charge in [0.25, 0.3) is 5.91 Å². The first-order valence-electron chi connectivity index (χ1n) is 9.50. The van der Waals surface area contributed by atoms with Crippen LogP contribution in [0.5, 0.6) is 0 Å². The quantitative estimate of drug-likeness (QED) is 0.863. The summed E-state index contributed by atoms with van der Waals surface area (Å²) in [5, 5.41) is 10.2. The molecule has 0 unspecified atom stereocenters. The SMILES string of the molecule is CO[C@H]1C[C@@H](O)C12CCN(C(=O)c1coc(CN3CCOCC3)c1)CC2. The molecule has 7 nitrogen and oxygen atoms in total. The van der Waals surface area contributed by atoms with E-state index in [1.807, 2.05) is 11.0 Å². The number of ether oxygens (including phenoxy) is 2. The molecule has 2 atom stereocenters. The van der Waals surface area contributed by atoms with Gasteiger partial charge in [0.1, 0.15) is 12.0 Å². The number of methoxy groups -OCH3 is 1. The van der Waals surface area contributed by atoms with Crippen LogP contribution in [0.2, 0.25) is 0 Å². The average molecular weight is 364 g/mol. The number of hydrogen-bond acceptors (Lipinski definition) is 6. The third-order valence-corrected chi connectivity index (χ3v) is 6.39. The molecule has 0 radical (unpaired) electrons. The van der Waals surface area contributed by atoms with Gasteiger partial charge in [-0.1, -0.05) is 0 Å². The van der Waals surface area contributed by atoms with Crippen LogP contribution in [0.25, 0.3) is 0 Å². The number of piperidine rings is 1. The van der Waals surface area contributed by atoms with Gasteiger partial charge in [-0.3, -0.25) is 9.69 Å². The zero-order chi connectivity index (χ0) is 18.1. The number of likely N-dealkylation sites (tertiary alicyclic amines) is 1. The smallest absolute Gasteiger partial charge is 0.257 e. The van der Waals surface area contributed by atoms with E-state index in [0.29, 0.717) is 31.6 Å². The monoisotopic (exact) mass is 364 g/mol. The highest BCUT2D eigenvalue weighted by Crippen LogP contribution is 2.50. The Hall–Kier alpha value is -1.41. The summed E-state index contributed by atoms with van der Waals surface area (Å²) in [4.78, 5) is 16.9. The molecular formula is C19H28N2O5. The Balaban J connectivity index is 1.34. The van der Waals surface area contributed by atoms with E-state index in [1.54, 1.807) is 13.4 Å². The van der Waals surface area contributed by atoms with Crippen LogP contribution in [0.1, 0.15) is 35.4 Å². The van der Waals surface area contributed by atoms with E-state index in [4.69, 9.17) is 13.9 Å². The predicted molar refractivity (Wildman–Crippen MR) is 93.8 cm³/mol. The number of carbonyl (C=O) groups excluding carboxylic acids is 1. The summed E-state index contributed by atoms with van der Waals surface area (Å²) in [7, 11) is 1.71. The van der Waals surface area contributed by atoms with Crippen LogP contribution >= 0.6 is 0 Å². The first-order valence-corrected chi connectivity index (χ1v) is 9.50. The Kier molecular flexibility index (Phi) is 5.05. The number of aliphatic hydroxyl groups excluding tert-OH is 1. The minimum Gasteiger partial charge on any atom is -0.467 e. The molecule has 4 rings (SSSR count). The molecule has 1 saturated carbocycles. The lowest BCUT2D eigenvalue weighted by molar-refractivity contribution is -0.199. The van der Waals surface area contributed by atoms with Gasteiger partial charge in [-0.2, -0.15) is 0 Å². The molecule has 7 heteroatoms. The molecule has 2 saturated heterocycles. The van der Waals surface area contributed by atoms with Gasteiger partial charge in [0.15, 0.2) is 0 Å². The molecule has 2 aliphatic heterocycles. The Bertz CT molecular complexity index is 632. The highest BCUT2D eigenvalue weighted by molar-refractivity contribution is 5.94. The molecule has 3 fully saturated rings. The first-order chi connectivity index (χ1) is 12.6. The average Bonchev–Trinajstić information content (AvgIpc) is 3.14. The lowest BCUT2D eigenvalue weighted by atomic mass is 9.58. The van der Waals surface area contributed by atoms with Crippen molar-refractivity contribution in [1.29, 1.82) is 0 Å². The Morgan fingerprint density at radius 3 is 2.69 bits per heavy atom. The fraction of sp³-hybridized carbons (Fsp3) is 0.737. The van der Waals surface area contributed by atoms with Gasteiger partial charge in [0.05, 0.1) is 37.5 Å². The molecule has 26 heavy (non-hydrogen) atoms. The third kappa shape index (κ3) is 3.17. The van der Waals surface area contributed by atoms with Crippen molar-refractivity contribution in [1.82, 2.24) is 9.80 Å². The fourth-order valence-electron chi connectivity index (χ4n) is 4.58. The van der Waals surface area contributed by atoms with Crippen LogP contribution in [0.3, 0.4) is 0 Å². The lowest BCUT2D eigenvalue weighted by Gasteiger charge is -2.56. The van der Waals surface area contributed by atoms with Crippen molar-refractivity contribution in [3.05, 3.63) is 23.7 Å². The summed E-state index contributed by atoms with van der Waals surface area (Å²) >= 11 is 0. The molecular weight excluding hydrogens is 336 g/mol. The second-order valence-electron chi connectivity index (χ2n) is 7.69. The highest BCUT2D eigenvalue weighted by atomic mass is 16.5. The second-order valence-corrected chi connectivity index (χ2v) is 7.69. The van der Waals surface area contributed by atoms with Gasteiger partial charge in [-0.25, -0.2) is 0 Å². The molecule has 1 N–H and O–H groups in total. The maximum Gasteiger partial charge on any atom is 0.257 e. The van der Waals surface area contributed by atoms with Crippen LogP contribution in [0.4, 0.5) is 0 Å². The van der Waals surface area contributed by atoms with Gasteiger partial charge in [-0.05, 0) is 18.9 Å². The number of carbonyl (C=O) groups is 1. The van der Waals surface area contributed by atoms with E-state index in [2.05, 4.69) is 4.90 Å². The largest absolute Gasteiger partial charge is 0.467 e. The molecule has 1 aromatic rings. The Morgan fingerprint density at radius 1 is 1.31 bits per heavy atom. The van der Waals surface area contributed by atoms with E-state index in [0.717, 1.165) is 44.9 Å². The minimum absolute atomic E-state index is 0.0135. The van der Waals surface area contributed by atoms with Crippen molar-refractivity contribution >= 4 is 5.91 Å². The normalized spacial score (nSPS) is 28.9. The summed E-state index contributed by atoms with van der Waals surface area (Å²) in [5.41, 5.74) is 0.449. The summed E-state index contributed by atoms with van der Waals surface area (Å²) in [6.45, 7) is 5.29. The Labute approximate surface area is 153 Å². The first kappa shape index (κ1) is 18.0. The second kappa shape index (κ2) is 7.31. The minimum atomic E-state index is -0.307. The molecule has 1 aromatic heterocycles. The van der Waals surface area contributed by atoms with Crippen LogP contribution < -0.4 is 0 Å². The highest BCUT2D eigenvalue weighted by Gasteiger charge is 2.56. The standard InChI is InChI=1S/C19H28N2O5/c1-24-17-11-16(22)19(17)2-4-21(5-3-19)18(23)14-10-15(26-13-14)12-20-6-8-25-9-7-20/h10,13,16-17,22H,2-9,11-12H2,1H3/t16-,17+/m1/s1. The number of hydrogen-bond donors (Lipinski definition) is 1. The number of aliphatic hydroxyl groups is 1. The topological polar surface area (TPSA) is 75.4 Å². The maximum absolute atomic E-state index is 12.8. The van der Waals surface area contributed by atoms with E-state index in [9.17, 15) is 9.90 Å². The molecule has 0 aromatic carbocycles. The third-order valence-electron chi connectivity index (χ3n) is 6.39. The van der Waals surface area contributed by atoms with Crippen molar-refractivity contribution in [2.75, 3.05) is 46.5 Å². The van der Waals surface area contributed by atoms with Crippen molar-refractivity contribution in [2.24, 2.45) is 5.41 Å². The van der Waals surface area contributed by atoms with Crippen LogP contribution in [-0.2, 0) is 16.0 Å². The number of amides is 1. The Morgan fingerprint density at radius 2 is 2.04 bits per heavy atom. The van der Waals surface area contributed by atoms with Gasteiger partial charge in [-0.15, -0.1) is 0 Å². The van der Waals surface area contributed by atoms with E-state index < -0.39 is 0 Å². The number of nitrogens with zero attached hydrogens (tertiary/aromatic N) is 2. The summed E-state index contributed by atoms with van der Waals surface area (Å²) in [5.74, 6) is 0.831. The van der Waals surface area contributed by atoms with Crippen LogP contribution in [0.15, 0.2) is 16.7 Å². The predicted octanol–water partition coefficient (Wildman–Crippen LogP) is 1.11. The van der Waals surface area contributed by atoms with E-state index in [1.165, 1.54) is 0 Å². The van der Waals surface area contributed by atoms with Gasteiger partial charge in [0.2, 0.25) is 0 Å². The van der Waals surface area contributed by atoms with Crippen molar-refractivity contribution < 1.29 is 23.8 Å².